The summed E-state index contributed by atoms with van der Waals surface area (Å²) in [4.78, 5) is 0. The van der Waals surface area contributed by atoms with Gasteiger partial charge in [0.15, 0.2) is 0 Å². The molecule has 1 aromatic carbocycles. The average molecular weight is 302 g/mol. The van der Waals surface area contributed by atoms with E-state index in [2.05, 4.69) is 34.7 Å². The molecule has 0 amide bonds. The predicted octanol–water partition coefficient (Wildman–Crippen LogP) is 3.86. The van der Waals surface area contributed by atoms with Gasteiger partial charge in [-0.2, -0.15) is 0 Å². The van der Waals surface area contributed by atoms with E-state index in [1.807, 2.05) is 12.1 Å². The number of rotatable bonds is 3. The van der Waals surface area contributed by atoms with Crippen LogP contribution in [0.15, 0.2) is 24.3 Å². The monoisotopic (exact) mass is 302 g/mol. The van der Waals surface area contributed by atoms with E-state index in [0.717, 1.165) is 18.3 Å². The maximum atomic E-state index is 5.81. The summed E-state index contributed by atoms with van der Waals surface area (Å²) in [6, 6.07) is 8.22. The molecular formula is C12H15IO. The first-order valence-corrected chi connectivity index (χ1v) is 6.31. The Balaban J connectivity index is 1.88. The van der Waals surface area contributed by atoms with Crippen molar-refractivity contribution < 1.29 is 4.74 Å². The highest BCUT2D eigenvalue weighted by Crippen LogP contribution is 2.27. The van der Waals surface area contributed by atoms with Crippen LogP contribution in [0.5, 0.6) is 5.75 Å². The van der Waals surface area contributed by atoms with Crippen molar-refractivity contribution in [3.05, 3.63) is 27.8 Å². The zero-order chi connectivity index (χ0) is 9.80. The molecule has 1 nitrogen and oxygen atoms in total. The van der Waals surface area contributed by atoms with Crippen LogP contribution in [-0.2, 0) is 0 Å². The van der Waals surface area contributed by atoms with Crippen LogP contribution >= 0.6 is 22.6 Å². The molecule has 2 rings (SSSR count). The summed E-state index contributed by atoms with van der Waals surface area (Å²) in [6.45, 7) is 0.903. The Morgan fingerprint density at radius 1 is 1.21 bits per heavy atom. The highest BCUT2D eigenvalue weighted by molar-refractivity contribution is 14.1. The highest BCUT2D eigenvalue weighted by atomic mass is 127. The number of para-hydroxylation sites is 1. The van der Waals surface area contributed by atoms with Gasteiger partial charge in [0.2, 0.25) is 0 Å². The van der Waals surface area contributed by atoms with Gasteiger partial charge in [0.1, 0.15) is 5.75 Å². The Labute approximate surface area is 99.0 Å². The molecule has 0 bridgehead atoms. The maximum Gasteiger partial charge on any atom is 0.132 e. The van der Waals surface area contributed by atoms with E-state index in [0.29, 0.717) is 0 Å². The number of benzene rings is 1. The lowest BCUT2D eigenvalue weighted by atomic mass is 10.1. The van der Waals surface area contributed by atoms with Gasteiger partial charge in [0, 0.05) is 0 Å². The summed E-state index contributed by atoms with van der Waals surface area (Å²) in [5.41, 5.74) is 0. The molecule has 0 N–H and O–H groups in total. The van der Waals surface area contributed by atoms with E-state index in [4.69, 9.17) is 4.74 Å². The van der Waals surface area contributed by atoms with Crippen LogP contribution in [0.2, 0.25) is 0 Å². The van der Waals surface area contributed by atoms with Gasteiger partial charge in [0.25, 0.3) is 0 Å². The minimum Gasteiger partial charge on any atom is -0.492 e. The zero-order valence-corrected chi connectivity index (χ0v) is 10.4. The van der Waals surface area contributed by atoms with Gasteiger partial charge in [-0.05, 0) is 53.5 Å². The quantitative estimate of drug-likeness (QED) is 0.770. The third-order valence-electron chi connectivity index (χ3n) is 2.79. The zero-order valence-electron chi connectivity index (χ0n) is 8.21. The molecular weight excluding hydrogens is 287 g/mol. The van der Waals surface area contributed by atoms with E-state index in [-0.39, 0.29) is 0 Å². The first-order valence-electron chi connectivity index (χ1n) is 5.23. The molecule has 1 aromatic rings. The average Bonchev–Trinajstić information content (AvgIpc) is 2.69. The van der Waals surface area contributed by atoms with Crippen molar-refractivity contribution in [2.45, 2.75) is 25.7 Å². The fourth-order valence-electron chi connectivity index (χ4n) is 1.95. The topological polar surface area (TPSA) is 9.23 Å². The number of hydrogen-bond donors (Lipinski definition) is 0. The molecule has 1 fully saturated rings. The van der Waals surface area contributed by atoms with Crippen LogP contribution in [0.25, 0.3) is 0 Å². The van der Waals surface area contributed by atoms with Crippen molar-refractivity contribution in [1.29, 1.82) is 0 Å². The molecule has 2 heteroatoms. The summed E-state index contributed by atoms with van der Waals surface area (Å²) < 4.78 is 7.02. The standard InChI is InChI=1S/C12H15IO/c13-11-7-3-4-8-12(11)14-9-10-5-1-2-6-10/h3-4,7-8,10H,1-2,5-6,9H2. The van der Waals surface area contributed by atoms with Crippen molar-refractivity contribution in [1.82, 2.24) is 0 Å². The van der Waals surface area contributed by atoms with E-state index in [1.54, 1.807) is 0 Å². The van der Waals surface area contributed by atoms with E-state index in [1.165, 1.54) is 29.3 Å². The largest absolute Gasteiger partial charge is 0.492 e. The molecule has 0 aliphatic heterocycles. The smallest absolute Gasteiger partial charge is 0.132 e. The fourth-order valence-corrected chi connectivity index (χ4v) is 2.49. The molecule has 0 radical (unpaired) electrons. The Morgan fingerprint density at radius 3 is 2.64 bits per heavy atom. The lowest BCUT2D eigenvalue weighted by molar-refractivity contribution is 0.250. The molecule has 1 aliphatic rings. The SMILES string of the molecule is Ic1ccccc1OCC1CCCC1. The molecule has 76 valence electrons. The van der Waals surface area contributed by atoms with Gasteiger partial charge in [-0.1, -0.05) is 25.0 Å². The summed E-state index contributed by atoms with van der Waals surface area (Å²) in [7, 11) is 0. The van der Waals surface area contributed by atoms with Gasteiger partial charge in [-0.15, -0.1) is 0 Å². The normalized spacial score (nSPS) is 17.2. The Morgan fingerprint density at radius 2 is 1.93 bits per heavy atom. The maximum absolute atomic E-state index is 5.81. The second kappa shape index (κ2) is 5.01. The number of hydrogen-bond acceptors (Lipinski definition) is 1. The van der Waals surface area contributed by atoms with Gasteiger partial charge < -0.3 is 4.74 Å². The molecule has 1 saturated carbocycles. The second-order valence-corrected chi connectivity index (χ2v) is 5.05. The first-order chi connectivity index (χ1) is 6.86. The predicted molar refractivity (Wildman–Crippen MR) is 66.6 cm³/mol. The lowest BCUT2D eigenvalue weighted by Crippen LogP contribution is -2.08. The molecule has 0 saturated heterocycles. The molecule has 0 heterocycles. The summed E-state index contributed by atoms with van der Waals surface area (Å²) in [6.07, 6.45) is 5.48. The number of halogens is 1. The van der Waals surface area contributed by atoms with Crippen LogP contribution in [-0.4, -0.2) is 6.61 Å². The van der Waals surface area contributed by atoms with Gasteiger partial charge in [-0.3, -0.25) is 0 Å². The minimum absolute atomic E-state index is 0.797. The fraction of sp³-hybridized carbons (Fsp3) is 0.500. The van der Waals surface area contributed by atoms with Crippen molar-refractivity contribution in [2.24, 2.45) is 5.92 Å². The first kappa shape index (κ1) is 10.3. The van der Waals surface area contributed by atoms with Gasteiger partial charge in [0.05, 0.1) is 10.2 Å². The Bertz CT molecular complexity index is 292. The van der Waals surface area contributed by atoms with Crippen LogP contribution in [0.4, 0.5) is 0 Å². The van der Waals surface area contributed by atoms with E-state index in [9.17, 15) is 0 Å². The summed E-state index contributed by atoms with van der Waals surface area (Å²) in [5, 5.41) is 0. The van der Waals surface area contributed by atoms with E-state index >= 15 is 0 Å². The number of ether oxygens (including phenoxy) is 1. The van der Waals surface area contributed by atoms with Crippen LogP contribution < -0.4 is 4.74 Å². The second-order valence-electron chi connectivity index (χ2n) is 3.89. The molecule has 0 spiro atoms. The highest BCUT2D eigenvalue weighted by Gasteiger charge is 2.15. The van der Waals surface area contributed by atoms with Crippen molar-refractivity contribution >= 4 is 22.6 Å². The van der Waals surface area contributed by atoms with Crippen LogP contribution in [0.3, 0.4) is 0 Å². The Kier molecular flexibility index (Phi) is 3.67. The van der Waals surface area contributed by atoms with Gasteiger partial charge >= 0.3 is 0 Å². The summed E-state index contributed by atoms with van der Waals surface area (Å²) >= 11 is 2.32. The minimum atomic E-state index is 0.797. The van der Waals surface area contributed by atoms with Crippen molar-refractivity contribution in [2.75, 3.05) is 6.61 Å². The van der Waals surface area contributed by atoms with Crippen molar-refractivity contribution in [3.8, 4) is 5.75 Å². The molecule has 0 aromatic heterocycles. The van der Waals surface area contributed by atoms with Gasteiger partial charge in [-0.25, -0.2) is 0 Å². The molecule has 14 heavy (non-hydrogen) atoms. The lowest BCUT2D eigenvalue weighted by Gasteiger charge is -2.12. The Hall–Kier alpha value is -0.250. The third-order valence-corrected chi connectivity index (χ3v) is 3.68. The van der Waals surface area contributed by atoms with Crippen LogP contribution in [0.1, 0.15) is 25.7 Å². The molecule has 0 atom stereocenters. The molecule has 1 aliphatic carbocycles. The molecule has 0 unspecified atom stereocenters. The van der Waals surface area contributed by atoms with Crippen LogP contribution in [0, 0.1) is 9.49 Å². The van der Waals surface area contributed by atoms with E-state index < -0.39 is 0 Å². The summed E-state index contributed by atoms with van der Waals surface area (Å²) in [5.74, 6) is 1.84. The third kappa shape index (κ3) is 2.62. The van der Waals surface area contributed by atoms with Crippen molar-refractivity contribution in [3.63, 3.8) is 0 Å².